The summed E-state index contributed by atoms with van der Waals surface area (Å²) >= 11 is 0. The summed E-state index contributed by atoms with van der Waals surface area (Å²) in [6.07, 6.45) is 5.49. The Hall–Kier alpha value is -0.120. The molecule has 1 saturated heterocycles. The molecule has 3 heteroatoms. The van der Waals surface area contributed by atoms with Gasteiger partial charge < -0.3 is 15.0 Å². The van der Waals surface area contributed by atoms with Gasteiger partial charge in [-0.25, -0.2) is 0 Å². The quantitative estimate of drug-likeness (QED) is 0.722. The van der Waals surface area contributed by atoms with Crippen LogP contribution in [0.3, 0.4) is 0 Å². The Morgan fingerprint density at radius 3 is 2.56 bits per heavy atom. The highest BCUT2D eigenvalue weighted by atomic mass is 16.5. The molecule has 0 spiro atoms. The van der Waals surface area contributed by atoms with Gasteiger partial charge in [-0.05, 0) is 51.6 Å². The molecule has 1 N–H and O–H groups in total. The number of ether oxygens (including phenoxy) is 1. The van der Waals surface area contributed by atoms with Crippen molar-refractivity contribution in [3.63, 3.8) is 0 Å². The van der Waals surface area contributed by atoms with Crippen molar-refractivity contribution in [2.24, 2.45) is 5.41 Å². The van der Waals surface area contributed by atoms with Crippen LogP contribution >= 0.6 is 0 Å². The molecule has 108 valence electrons. The number of hydrogen-bond acceptors (Lipinski definition) is 3. The van der Waals surface area contributed by atoms with Crippen LogP contribution in [0.15, 0.2) is 0 Å². The third-order valence-corrected chi connectivity index (χ3v) is 4.48. The van der Waals surface area contributed by atoms with Crippen LogP contribution in [0.25, 0.3) is 0 Å². The number of nitrogens with zero attached hydrogens (tertiary/aromatic N) is 1. The molecule has 0 saturated carbocycles. The zero-order chi connectivity index (χ0) is 13.4. The first-order valence-corrected chi connectivity index (χ1v) is 7.68. The van der Waals surface area contributed by atoms with Gasteiger partial charge in [0.15, 0.2) is 0 Å². The van der Waals surface area contributed by atoms with E-state index < -0.39 is 0 Å². The van der Waals surface area contributed by atoms with E-state index in [4.69, 9.17) is 4.74 Å². The highest BCUT2D eigenvalue weighted by molar-refractivity contribution is 4.85. The van der Waals surface area contributed by atoms with E-state index in [2.05, 4.69) is 38.0 Å². The van der Waals surface area contributed by atoms with Crippen molar-refractivity contribution in [1.29, 1.82) is 0 Å². The lowest BCUT2D eigenvalue weighted by Crippen LogP contribution is -2.48. The predicted molar refractivity (Wildman–Crippen MR) is 78.0 cm³/mol. The molecule has 1 fully saturated rings. The predicted octanol–water partition coefficient (Wildman–Crippen LogP) is 2.51. The molecule has 1 unspecified atom stereocenters. The van der Waals surface area contributed by atoms with Gasteiger partial charge in [0.1, 0.15) is 0 Å². The fourth-order valence-corrected chi connectivity index (χ4v) is 3.16. The molecule has 0 aromatic heterocycles. The van der Waals surface area contributed by atoms with Crippen LogP contribution in [0.4, 0.5) is 0 Å². The monoisotopic (exact) mass is 256 g/mol. The van der Waals surface area contributed by atoms with Gasteiger partial charge in [-0.3, -0.25) is 0 Å². The summed E-state index contributed by atoms with van der Waals surface area (Å²) in [6, 6.07) is 0. The summed E-state index contributed by atoms with van der Waals surface area (Å²) in [5.74, 6) is 0. The van der Waals surface area contributed by atoms with Crippen molar-refractivity contribution >= 4 is 0 Å². The average molecular weight is 256 g/mol. The van der Waals surface area contributed by atoms with Crippen molar-refractivity contribution in [1.82, 2.24) is 10.2 Å². The minimum Gasteiger partial charge on any atom is -0.377 e. The Bertz CT molecular complexity index is 215. The Labute approximate surface area is 113 Å². The summed E-state index contributed by atoms with van der Waals surface area (Å²) in [6.45, 7) is 12.3. The van der Waals surface area contributed by atoms with E-state index in [0.717, 1.165) is 19.7 Å². The summed E-state index contributed by atoms with van der Waals surface area (Å²) in [4.78, 5) is 2.62. The minimum atomic E-state index is 0.433. The van der Waals surface area contributed by atoms with Crippen molar-refractivity contribution in [3.05, 3.63) is 0 Å². The van der Waals surface area contributed by atoms with Crippen molar-refractivity contribution in [3.8, 4) is 0 Å². The summed E-state index contributed by atoms with van der Waals surface area (Å²) in [7, 11) is 2.07. The largest absolute Gasteiger partial charge is 0.377 e. The fraction of sp³-hybridized carbons (Fsp3) is 1.00. The second-order valence-electron chi connectivity index (χ2n) is 5.69. The molecule has 1 aliphatic heterocycles. The second kappa shape index (κ2) is 8.13. The smallest absolute Gasteiger partial charge is 0.0702 e. The number of rotatable bonds is 8. The molecule has 1 heterocycles. The van der Waals surface area contributed by atoms with Gasteiger partial charge in [-0.1, -0.05) is 13.8 Å². The molecule has 0 bridgehead atoms. The Morgan fingerprint density at radius 1 is 1.28 bits per heavy atom. The van der Waals surface area contributed by atoms with Gasteiger partial charge in [-0.2, -0.15) is 0 Å². The second-order valence-corrected chi connectivity index (χ2v) is 5.69. The minimum absolute atomic E-state index is 0.433. The number of hydrogen-bond donors (Lipinski definition) is 1. The van der Waals surface area contributed by atoms with E-state index in [9.17, 15) is 0 Å². The maximum absolute atomic E-state index is 5.80. The van der Waals surface area contributed by atoms with Crippen LogP contribution in [-0.4, -0.2) is 50.8 Å². The van der Waals surface area contributed by atoms with Crippen molar-refractivity contribution in [2.75, 3.05) is 39.8 Å². The Balaban J connectivity index is 2.52. The van der Waals surface area contributed by atoms with Crippen molar-refractivity contribution < 1.29 is 4.74 Å². The van der Waals surface area contributed by atoms with Gasteiger partial charge in [-0.15, -0.1) is 0 Å². The third kappa shape index (κ3) is 4.52. The van der Waals surface area contributed by atoms with Gasteiger partial charge in [0, 0.05) is 26.2 Å². The maximum Gasteiger partial charge on any atom is 0.0702 e. The zero-order valence-corrected chi connectivity index (χ0v) is 12.8. The molecular weight excluding hydrogens is 224 g/mol. The normalized spacial score (nSPS) is 22.3. The number of piperidine rings is 1. The van der Waals surface area contributed by atoms with E-state index >= 15 is 0 Å². The zero-order valence-electron chi connectivity index (χ0n) is 12.8. The van der Waals surface area contributed by atoms with Gasteiger partial charge >= 0.3 is 0 Å². The first-order valence-electron chi connectivity index (χ1n) is 7.68. The summed E-state index contributed by atoms with van der Waals surface area (Å²) < 4.78 is 5.80. The highest BCUT2D eigenvalue weighted by Gasteiger charge is 2.30. The van der Waals surface area contributed by atoms with Crippen LogP contribution in [0.5, 0.6) is 0 Å². The highest BCUT2D eigenvalue weighted by Crippen LogP contribution is 2.28. The molecule has 1 atom stereocenters. The maximum atomic E-state index is 5.80. The molecule has 0 aromatic rings. The molecule has 3 nitrogen and oxygen atoms in total. The van der Waals surface area contributed by atoms with Crippen LogP contribution in [-0.2, 0) is 4.74 Å². The van der Waals surface area contributed by atoms with E-state index in [0.29, 0.717) is 11.5 Å². The van der Waals surface area contributed by atoms with Crippen LogP contribution in [0.2, 0.25) is 0 Å². The Morgan fingerprint density at radius 2 is 2.00 bits per heavy atom. The molecule has 1 rings (SSSR count). The summed E-state index contributed by atoms with van der Waals surface area (Å²) in [5.41, 5.74) is 0.433. The van der Waals surface area contributed by atoms with E-state index in [1.54, 1.807) is 0 Å². The van der Waals surface area contributed by atoms with Crippen LogP contribution in [0, 0.1) is 5.41 Å². The number of nitrogens with one attached hydrogen (secondary N) is 1. The van der Waals surface area contributed by atoms with Crippen LogP contribution in [0.1, 0.15) is 46.5 Å². The SMILES string of the molecule is CCOC1CCCN(CC(CC)(CC)CNC)C1. The molecular formula is C15H32N2O. The van der Waals surface area contributed by atoms with Gasteiger partial charge in [0.25, 0.3) is 0 Å². The number of likely N-dealkylation sites (tertiary alicyclic amines) is 1. The molecule has 0 aromatic carbocycles. The van der Waals surface area contributed by atoms with Gasteiger partial charge in [0.05, 0.1) is 6.10 Å². The molecule has 0 amide bonds. The summed E-state index contributed by atoms with van der Waals surface area (Å²) in [5, 5.41) is 3.38. The van der Waals surface area contributed by atoms with E-state index in [1.807, 2.05) is 0 Å². The first kappa shape index (κ1) is 15.9. The van der Waals surface area contributed by atoms with E-state index in [-0.39, 0.29) is 0 Å². The van der Waals surface area contributed by atoms with Crippen LogP contribution < -0.4 is 5.32 Å². The lowest BCUT2D eigenvalue weighted by molar-refractivity contribution is -0.00784. The fourth-order valence-electron chi connectivity index (χ4n) is 3.16. The lowest BCUT2D eigenvalue weighted by Gasteiger charge is -2.40. The van der Waals surface area contributed by atoms with Crippen molar-refractivity contribution in [2.45, 2.75) is 52.6 Å². The lowest BCUT2D eigenvalue weighted by atomic mass is 9.81. The van der Waals surface area contributed by atoms with Gasteiger partial charge in [0.2, 0.25) is 0 Å². The topological polar surface area (TPSA) is 24.5 Å². The third-order valence-electron chi connectivity index (χ3n) is 4.48. The molecule has 1 aliphatic rings. The van der Waals surface area contributed by atoms with E-state index in [1.165, 1.54) is 38.8 Å². The first-order chi connectivity index (χ1) is 8.69. The molecule has 0 aliphatic carbocycles. The average Bonchev–Trinajstić information content (AvgIpc) is 2.39. The molecule has 18 heavy (non-hydrogen) atoms. The molecule has 0 radical (unpaired) electrons. The standard InChI is InChI=1S/C15H32N2O/c1-5-15(6-2,12-16-4)13-17-10-8-9-14(11-17)18-7-3/h14,16H,5-13H2,1-4H3. The Kier molecular flexibility index (Phi) is 7.20.